The monoisotopic (exact) mass is 304 g/mol. The Morgan fingerprint density at radius 2 is 1.71 bits per heavy atom. The molecule has 0 radical (unpaired) electrons. The van der Waals surface area contributed by atoms with Gasteiger partial charge in [0.1, 0.15) is 6.10 Å². The highest BCUT2D eigenvalue weighted by molar-refractivity contribution is 6.79. The first-order valence-corrected chi connectivity index (χ1v) is 11.2. The van der Waals surface area contributed by atoms with E-state index >= 15 is 0 Å². The predicted octanol–water partition coefficient (Wildman–Crippen LogP) is 4.93. The van der Waals surface area contributed by atoms with Crippen molar-refractivity contribution >= 4 is 13.9 Å². The van der Waals surface area contributed by atoms with E-state index in [1.54, 1.807) is 0 Å². The number of carbonyl (C=O) groups is 1. The van der Waals surface area contributed by atoms with Crippen LogP contribution < -0.4 is 0 Å². The molecule has 2 atom stereocenters. The summed E-state index contributed by atoms with van der Waals surface area (Å²) >= 11 is 0. The molecule has 0 amide bonds. The first kappa shape index (κ1) is 16.4. The van der Waals surface area contributed by atoms with Crippen molar-refractivity contribution in [1.82, 2.24) is 0 Å². The fraction of sp³-hybridized carbons (Fsp3) is 0.611. The fourth-order valence-corrected chi connectivity index (χ4v) is 7.14. The summed E-state index contributed by atoms with van der Waals surface area (Å²) in [4.78, 5) is 12.5. The van der Waals surface area contributed by atoms with Gasteiger partial charge in [0.25, 0.3) is 0 Å². The van der Waals surface area contributed by atoms with Gasteiger partial charge in [-0.1, -0.05) is 69.2 Å². The molecule has 1 aromatic carbocycles. The number of hydrogen-bond donors (Lipinski definition) is 0. The summed E-state index contributed by atoms with van der Waals surface area (Å²) in [5.41, 5.74) is 0.785. The Hall–Kier alpha value is -0.933. The summed E-state index contributed by atoms with van der Waals surface area (Å²) in [6, 6.07) is 14.8. The maximum atomic E-state index is 12.5. The third-order valence-corrected chi connectivity index (χ3v) is 11.2. The zero-order chi connectivity index (χ0) is 15.3. The molecule has 1 aliphatic heterocycles. The first-order valence-electron chi connectivity index (χ1n) is 8.39. The number of rotatable bonds is 7. The van der Waals surface area contributed by atoms with Crippen LogP contribution in [0.1, 0.15) is 44.0 Å². The molecule has 2 rings (SSSR count). The number of ketones is 1. The molecule has 1 fully saturated rings. The molecular formula is C18H28O2Si. The van der Waals surface area contributed by atoms with Gasteiger partial charge < -0.3 is 4.74 Å². The summed E-state index contributed by atoms with van der Waals surface area (Å²) in [7, 11) is -1.16. The molecule has 3 heteroatoms. The molecule has 0 aliphatic carbocycles. The predicted molar refractivity (Wildman–Crippen MR) is 90.7 cm³/mol. The highest BCUT2D eigenvalue weighted by Crippen LogP contribution is 2.33. The van der Waals surface area contributed by atoms with Crippen molar-refractivity contribution in [3.63, 3.8) is 0 Å². The van der Waals surface area contributed by atoms with E-state index in [0.29, 0.717) is 6.10 Å². The van der Waals surface area contributed by atoms with Crippen LogP contribution in [-0.2, 0) is 4.74 Å². The summed E-state index contributed by atoms with van der Waals surface area (Å²) in [6.07, 6.45) is 2.04. The highest BCUT2D eigenvalue weighted by atomic mass is 28.3. The number of hydrogen-bond acceptors (Lipinski definition) is 2. The summed E-state index contributed by atoms with van der Waals surface area (Å²) in [6.45, 7) is 7.00. The summed E-state index contributed by atoms with van der Waals surface area (Å²) in [5.74, 6) is 0.162. The third kappa shape index (κ3) is 3.83. The second-order valence-corrected chi connectivity index (χ2v) is 11.8. The van der Waals surface area contributed by atoms with Crippen molar-refractivity contribution in [1.29, 1.82) is 0 Å². The molecule has 1 aromatic rings. The molecule has 0 unspecified atom stereocenters. The molecule has 1 saturated heterocycles. The van der Waals surface area contributed by atoms with E-state index in [0.717, 1.165) is 18.4 Å². The van der Waals surface area contributed by atoms with Gasteiger partial charge >= 0.3 is 0 Å². The molecule has 21 heavy (non-hydrogen) atoms. The lowest BCUT2D eigenvalue weighted by Crippen LogP contribution is -2.36. The number of ether oxygens (including phenoxy) is 1. The third-order valence-electron chi connectivity index (χ3n) is 5.37. The van der Waals surface area contributed by atoms with E-state index in [1.807, 2.05) is 30.3 Å². The lowest BCUT2D eigenvalue weighted by atomic mass is 10.0. The second kappa shape index (κ2) is 7.37. The van der Waals surface area contributed by atoms with Crippen molar-refractivity contribution in [3.05, 3.63) is 35.9 Å². The maximum absolute atomic E-state index is 12.5. The minimum atomic E-state index is -1.16. The maximum Gasteiger partial charge on any atom is 0.191 e. The minimum absolute atomic E-state index is 0.162. The second-order valence-electron chi connectivity index (χ2n) is 6.32. The van der Waals surface area contributed by atoms with Crippen LogP contribution in [0.3, 0.4) is 0 Å². The zero-order valence-electron chi connectivity index (χ0n) is 13.6. The Bertz CT molecular complexity index is 445. The van der Waals surface area contributed by atoms with Crippen LogP contribution in [0.15, 0.2) is 30.3 Å². The van der Waals surface area contributed by atoms with Gasteiger partial charge in [-0.2, -0.15) is 0 Å². The van der Waals surface area contributed by atoms with Gasteiger partial charge in [0.15, 0.2) is 5.78 Å². The average Bonchev–Trinajstić information content (AvgIpc) is 3.01. The highest BCUT2D eigenvalue weighted by Gasteiger charge is 2.37. The van der Waals surface area contributed by atoms with Crippen molar-refractivity contribution in [3.8, 4) is 0 Å². The van der Waals surface area contributed by atoms with Crippen LogP contribution in [0.25, 0.3) is 0 Å². The molecule has 0 bridgehead atoms. The van der Waals surface area contributed by atoms with Crippen LogP contribution in [0.2, 0.25) is 24.2 Å². The quantitative estimate of drug-likeness (QED) is 0.527. The van der Waals surface area contributed by atoms with Crippen LogP contribution in [0.5, 0.6) is 0 Å². The van der Waals surface area contributed by atoms with Crippen LogP contribution >= 0.6 is 0 Å². The molecule has 116 valence electrons. The fourth-order valence-electron chi connectivity index (χ4n) is 3.50. The Kier molecular flexibility index (Phi) is 5.77. The van der Waals surface area contributed by atoms with E-state index in [2.05, 4.69) is 20.8 Å². The lowest BCUT2D eigenvalue weighted by Gasteiger charge is -2.30. The van der Waals surface area contributed by atoms with Crippen LogP contribution in [-0.4, -0.2) is 26.1 Å². The van der Waals surface area contributed by atoms with Gasteiger partial charge in [0, 0.05) is 5.56 Å². The van der Waals surface area contributed by atoms with Crippen molar-refractivity contribution in [2.45, 2.75) is 70.0 Å². The Morgan fingerprint density at radius 1 is 1.10 bits per heavy atom. The Morgan fingerprint density at radius 3 is 2.29 bits per heavy atom. The molecule has 1 aliphatic rings. The van der Waals surface area contributed by atoms with Gasteiger partial charge in [0.05, 0.1) is 14.2 Å². The van der Waals surface area contributed by atoms with E-state index in [-0.39, 0.29) is 11.9 Å². The number of carbonyl (C=O) groups excluding carboxylic acids is 1. The number of benzene rings is 1. The van der Waals surface area contributed by atoms with Gasteiger partial charge in [-0.15, -0.1) is 0 Å². The topological polar surface area (TPSA) is 26.3 Å². The average molecular weight is 305 g/mol. The zero-order valence-corrected chi connectivity index (χ0v) is 14.6. The summed E-state index contributed by atoms with van der Waals surface area (Å²) in [5, 5.41) is 0. The van der Waals surface area contributed by atoms with Gasteiger partial charge in [-0.3, -0.25) is 4.79 Å². The Balaban J connectivity index is 1.96. The van der Waals surface area contributed by atoms with Crippen molar-refractivity contribution < 1.29 is 9.53 Å². The van der Waals surface area contributed by atoms with Crippen LogP contribution in [0, 0.1) is 0 Å². The van der Waals surface area contributed by atoms with E-state index in [4.69, 9.17) is 4.74 Å². The molecule has 0 aromatic heterocycles. The molecule has 0 spiro atoms. The first-order chi connectivity index (χ1) is 10.1. The van der Waals surface area contributed by atoms with Gasteiger partial charge in [-0.05, 0) is 18.9 Å². The van der Waals surface area contributed by atoms with Crippen molar-refractivity contribution in [2.24, 2.45) is 0 Å². The molecule has 0 saturated carbocycles. The van der Waals surface area contributed by atoms with Crippen LogP contribution in [0.4, 0.5) is 0 Å². The van der Waals surface area contributed by atoms with E-state index in [1.165, 1.54) is 24.2 Å². The molecular weight excluding hydrogens is 276 g/mol. The van der Waals surface area contributed by atoms with E-state index in [9.17, 15) is 4.79 Å². The minimum Gasteiger partial charge on any atom is -0.367 e. The SMILES string of the molecule is CC[Si](CC)(CC)C[C@@H]1CC[C@@H](C(=O)c2ccccc2)O1. The van der Waals surface area contributed by atoms with Gasteiger partial charge in [0.2, 0.25) is 0 Å². The molecule has 1 heterocycles. The molecule has 2 nitrogen and oxygen atoms in total. The largest absolute Gasteiger partial charge is 0.367 e. The standard InChI is InChI=1S/C18H28O2Si/c1-4-21(5-2,6-3)14-16-12-13-17(20-16)18(19)15-10-8-7-9-11-15/h7-11,16-17H,4-6,12-14H2,1-3H3/t16-,17-/m0/s1. The smallest absolute Gasteiger partial charge is 0.191 e. The lowest BCUT2D eigenvalue weighted by molar-refractivity contribution is 0.0428. The van der Waals surface area contributed by atoms with E-state index < -0.39 is 8.07 Å². The Labute approximate surface area is 129 Å². The van der Waals surface area contributed by atoms with Gasteiger partial charge in [-0.25, -0.2) is 0 Å². The number of Topliss-reactive ketones (excluding diaryl/α,β-unsaturated/α-hetero) is 1. The van der Waals surface area contributed by atoms with Crippen molar-refractivity contribution in [2.75, 3.05) is 0 Å². The normalized spacial score (nSPS) is 22.4. The molecule has 0 N–H and O–H groups in total. The summed E-state index contributed by atoms with van der Waals surface area (Å²) < 4.78 is 6.12.